The molecule has 1 aliphatic rings. The molecule has 1 heterocycles. The van der Waals surface area contributed by atoms with Crippen LogP contribution >= 0.6 is 27.5 Å². The van der Waals surface area contributed by atoms with Gasteiger partial charge in [0.25, 0.3) is 0 Å². The zero-order valence-corrected chi connectivity index (χ0v) is 14.0. The molecule has 0 spiro atoms. The van der Waals surface area contributed by atoms with E-state index in [2.05, 4.69) is 28.1 Å². The lowest BCUT2D eigenvalue weighted by Gasteiger charge is -2.15. The van der Waals surface area contributed by atoms with E-state index >= 15 is 0 Å². The molecule has 3 rings (SSSR count). The summed E-state index contributed by atoms with van der Waals surface area (Å²) >= 11 is 9.68. The molecule has 2 aromatic rings. The Morgan fingerprint density at radius 1 is 1.24 bits per heavy atom. The van der Waals surface area contributed by atoms with Gasteiger partial charge in [0.2, 0.25) is 0 Å². The summed E-state index contributed by atoms with van der Waals surface area (Å²) in [5.74, 6) is 0.990. The van der Waals surface area contributed by atoms with Crippen molar-refractivity contribution >= 4 is 27.5 Å². The molecule has 4 heteroatoms. The van der Waals surface area contributed by atoms with Crippen LogP contribution in [0, 0.1) is 0 Å². The average Bonchev–Trinajstić information content (AvgIpc) is 2.86. The fourth-order valence-electron chi connectivity index (χ4n) is 2.82. The number of halogens is 2. The second kappa shape index (κ2) is 6.39. The zero-order valence-electron chi connectivity index (χ0n) is 11.6. The fraction of sp³-hybridized carbons (Fsp3) is 0.294. The number of nitrogens with two attached hydrogens (primary N) is 1. The van der Waals surface area contributed by atoms with E-state index < -0.39 is 0 Å². The maximum Gasteiger partial charge on any atom is 0.125 e. The van der Waals surface area contributed by atoms with Gasteiger partial charge in [0.15, 0.2) is 0 Å². The summed E-state index contributed by atoms with van der Waals surface area (Å²) in [7, 11) is 0. The van der Waals surface area contributed by atoms with Gasteiger partial charge < -0.3 is 10.5 Å². The van der Waals surface area contributed by atoms with E-state index in [9.17, 15) is 0 Å². The van der Waals surface area contributed by atoms with Crippen LogP contribution in [0.2, 0.25) is 5.02 Å². The minimum atomic E-state index is 0.0473. The minimum Gasteiger partial charge on any atom is -0.493 e. The molecule has 1 atom stereocenters. The lowest BCUT2D eigenvalue weighted by Crippen LogP contribution is -2.25. The highest BCUT2D eigenvalue weighted by molar-refractivity contribution is 9.10. The van der Waals surface area contributed by atoms with Crippen LogP contribution in [0.25, 0.3) is 0 Å². The Hall–Kier alpha value is -1.03. The molecule has 21 heavy (non-hydrogen) atoms. The van der Waals surface area contributed by atoms with E-state index in [-0.39, 0.29) is 6.04 Å². The largest absolute Gasteiger partial charge is 0.493 e. The molecule has 0 aromatic heterocycles. The summed E-state index contributed by atoms with van der Waals surface area (Å²) in [5.41, 5.74) is 9.87. The van der Waals surface area contributed by atoms with E-state index in [0.29, 0.717) is 0 Å². The van der Waals surface area contributed by atoms with Gasteiger partial charge in [0.05, 0.1) is 6.61 Å². The Morgan fingerprint density at radius 2 is 2.10 bits per heavy atom. The topological polar surface area (TPSA) is 35.2 Å². The van der Waals surface area contributed by atoms with Gasteiger partial charge in [0.1, 0.15) is 5.75 Å². The molecule has 2 aromatic carbocycles. The molecule has 0 radical (unpaired) electrons. The summed E-state index contributed by atoms with van der Waals surface area (Å²) in [6.07, 6.45) is 2.54. The Bertz CT molecular complexity index is 659. The van der Waals surface area contributed by atoms with Gasteiger partial charge in [-0.2, -0.15) is 0 Å². The predicted molar refractivity (Wildman–Crippen MR) is 90.2 cm³/mol. The summed E-state index contributed by atoms with van der Waals surface area (Å²) < 4.78 is 6.82. The van der Waals surface area contributed by atoms with Gasteiger partial charge >= 0.3 is 0 Å². The van der Waals surface area contributed by atoms with Gasteiger partial charge in [-0.05, 0) is 53.8 Å². The number of rotatable bonds is 4. The van der Waals surface area contributed by atoms with Crippen molar-refractivity contribution in [2.75, 3.05) is 6.61 Å². The molecular weight excluding hydrogens is 350 g/mol. The van der Waals surface area contributed by atoms with Crippen LogP contribution < -0.4 is 10.5 Å². The SMILES string of the molecule is NC(Cc1cccc(Br)c1)Cc1cc(Cl)cc2c1OCC2. The second-order valence-corrected chi connectivity index (χ2v) is 6.80. The monoisotopic (exact) mass is 365 g/mol. The first kappa shape index (κ1) is 14.9. The Morgan fingerprint density at radius 3 is 2.90 bits per heavy atom. The molecule has 0 saturated carbocycles. The van der Waals surface area contributed by atoms with E-state index in [4.69, 9.17) is 22.1 Å². The van der Waals surface area contributed by atoms with Crippen molar-refractivity contribution in [1.29, 1.82) is 0 Å². The van der Waals surface area contributed by atoms with Crippen LogP contribution in [-0.4, -0.2) is 12.6 Å². The Labute approximate surface area is 138 Å². The van der Waals surface area contributed by atoms with Gasteiger partial charge in [-0.15, -0.1) is 0 Å². The number of hydrogen-bond acceptors (Lipinski definition) is 2. The molecule has 1 unspecified atom stereocenters. The third-order valence-electron chi connectivity index (χ3n) is 3.69. The Kier molecular flexibility index (Phi) is 4.53. The third kappa shape index (κ3) is 3.60. The second-order valence-electron chi connectivity index (χ2n) is 5.45. The first-order chi connectivity index (χ1) is 10.1. The first-order valence-corrected chi connectivity index (χ1v) is 8.23. The van der Waals surface area contributed by atoms with E-state index in [0.717, 1.165) is 46.7 Å². The highest BCUT2D eigenvalue weighted by Crippen LogP contribution is 2.33. The number of ether oxygens (including phenoxy) is 1. The van der Waals surface area contributed by atoms with Crippen molar-refractivity contribution in [3.63, 3.8) is 0 Å². The van der Waals surface area contributed by atoms with Crippen LogP contribution in [0.5, 0.6) is 5.75 Å². The first-order valence-electron chi connectivity index (χ1n) is 7.06. The van der Waals surface area contributed by atoms with E-state index in [1.54, 1.807) is 0 Å². The third-order valence-corrected chi connectivity index (χ3v) is 4.41. The minimum absolute atomic E-state index is 0.0473. The number of hydrogen-bond donors (Lipinski definition) is 1. The van der Waals surface area contributed by atoms with Crippen LogP contribution in [0.1, 0.15) is 16.7 Å². The van der Waals surface area contributed by atoms with E-state index in [1.807, 2.05) is 24.3 Å². The molecule has 0 amide bonds. The van der Waals surface area contributed by atoms with Crippen molar-refractivity contribution < 1.29 is 4.74 Å². The van der Waals surface area contributed by atoms with Crippen LogP contribution in [0.4, 0.5) is 0 Å². The van der Waals surface area contributed by atoms with Crippen molar-refractivity contribution in [3.8, 4) is 5.75 Å². The number of fused-ring (bicyclic) bond motifs is 1. The normalized spacial score (nSPS) is 14.6. The van der Waals surface area contributed by atoms with Gasteiger partial charge in [-0.1, -0.05) is 39.7 Å². The summed E-state index contributed by atoms with van der Waals surface area (Å²) in [6, 6.07) is 12.3. The molecular formula is C17H17BrClNO. The van der Waals surface area contributed by atoms with Crippen LogP contribution in [-0.2, 0) is 19.3 Å². The Balaban J connectivity index is 1.75. The van der Waals surface area contributed by atoms with Crippen molar-refractivity contribution in [2.45, 2.75) is 25.3 Å². The molecule has 0 fully saturated rings. The molecule has 0 saturated heterocycles. The molecule has 110 valence electrons. The summed E-state index contributed by atoms with van der Waals surface area (Å²) in [4.78, 5) is 0. The average molecular weight is 367 g/mol. The quantitative estimate of drug-likeness (QED) is 0.882. The van der Waals surface area contributed by atoms with Gasteiger partial charge in [-0.25, -0.2) is 0 Å². The summed E-state index contributed by atoms with van der Waals surface area (Å²) in [5, 5.41) is 0.768. The standard InChI is InChI=1S/C17H17BrClNO/c18-14-3-1-2-11(6-14)7-16(20)10-13-9-15(19)8-12-4-5-21-17(12)13/h1-3,6,8-9,16H,4-5,7,10,20H2. The fourth-order valence-corrected chi connectivity index (χ4v) is 3.53. The molecule has 0 aliphatic carbocycles. The van der Waals surface area contributed by atoms with Crippen molar-refractivity contribution in [1.82, 2.24) is 0 Å². The number of benzene rings is 2. The lowest BCUT2D eigenvalue weighted by molar-refractivity contribution is 0.352. The molecule has 0 bridgehead atoms. The molecule has 2 N–H and O–H groups in total. The lowest BCUT2D eigenvalue weighted by atomic mass is 9.97. The van der Waals surface area contributed by atoms with Crippen LogP contribution in [0.3, 0.4) is 0 Å². The highest BCUT2D eigenvalue weighted by atomic mass is 79.9. The maximum absolute atomic E-state index is 6.32. The van der Waals surface area contributed by atoms with Gasteiger partial charge in [-0.3, -0.25) is 0 Å². The van der Waals surface area contributed by atoms with Crippen molar-refractivity contribution in [3.05, 3.63) is 62.6 Å². The van der Waals surface area contributed by atoms with E-state index in [1.165, 1.54) is 11.1 Å². The highest BCUT2D eigenvalue weighted by Gasteiger charge is 2.19. The molecule has 2 nitrogen and oxygen atoms in total. The van der Waals surface area contributed by atoms with Crippen LogP contribution in [0.15, 0.2) is 40.9 Å². The molecule has 1 aliphatic heterocycles. The maximum atomic E-state index is 6.32. The van der Waals surface area contributed by atoms with Crippen molar-refractivity contribution in [2.24, 2.45) is 5.73 Å². The predicted octanol–water partition coefficient (Wildman–Crippen LogP) is 4.15. The zero-order chi connectivity index (χ0) is 14.8. The van der Waals surface area contributed by atoms with Gasteiger partial charge in [0, 0.05) is 22.0 Å². The summed E-state index contributed by atoms with van der Waals surface area (Å²) in [6.45, 7) is 0.740. The smallest absolute Gasteiger partial charge is 0.125 e.